The van der Waals surface area contributed by atoms with Crippen LogP contribution in [0.25, 0.3) is 0 Å². The molecule has 21 heavy (non-hydrogen) atoms. The maximum atomic E-state index is 12.3. The molecule has 2 heterocycles. The lowest BCUT2D eigenvalue weighted by molar-refractivity contribution is -0.150. The molecule has 2 rings (SSSR count). The van der Waals surface area contributed by atoms with E-state index in [4.69, 9.17) is 4.74 Å². The predicted octanol–water partition coefficient (Wildman–Crippen LogP) is 0.202. The van der Waals surface area contributed by atoms with Gasteiger partial charge in [0.05, 0.1) is 18.6 Å². The van der Waals surface area contributed by atoms with Crippen LogP contribution in [0.4, 0.5) is 4.79 Å². The topological polar surface area (TPSA) is 79.0 Å². The molecule has 7 heteroatoms. The highest BCUT2D eigenvalue weighted by Crippen LogP contribution is 2.21. The van der Waals surface area contributed by atoms with E-state index in [1.54, 1.807) is 6.92 Å². The normalized spacial score (nSPS) is 22.0. The first-order valence-electron chi connectivity index (χ1n) is 7.54. The Kier molecular flexibility index (Phi) is 5.17. The molecule has 0 spiro atoms. The van der Waals surface area contributed by atoms with E-state index in [-0.39, 0.29) is 29.9 Å². The molecule has 0 radical (unpaired) electrons. The largest absolute Gasteiger partial charge is 0.466 e. The van der Waals surface area contributed by atoms with Crippen LogP contribution < -0.4 is 5.32 Å². The van der Waals surface area contributed by atoms with Gasteiger partial charge in [0.1, 0.15) is 0 Å². The van der Waals surface area contributed by atoms with Crippen molar-refractivity contribution in [2.24, 2.45) is 5.92 Å². The molecule has 118 valence electrons. The highest BCUT2D eigenvalue weighted by Gasteiger charge is 2.35. The van der Waals surface area contributed by atoms with E-state index in [0.717, 1.165) is 0 Å². The van der Waals surface area contributed by atoms with Crippen molar-refractivity contribution in [3.05, 3.63) is 0 Å². The number of carbonyl (C=O) groups excluding carboxylic acids is 3. The summed E-state index contributed by atoms with van der Waals surface area (Å²) in [5.74, 6) is -0.381. The summed E-state index contributed by atoms with van der Waals surface area (Å²) in [7, 11) is 0. The predicted molar refractivity (Wildman–Crippen MR) is 75.5 cm³/mol. The van der Waals surface area contributed by atoms with Crippen LogP contribution >= 0.6 is 0 Å². The summed E-state index contributed by atoms with van der Waals surface area (Å²) in [4.78, 5) is 38.8. The molecule has 0 aromatic rings. The minimum Gasteiger partial charge on any atom is -0.466 e. The number of ether oxygens (including phenoxy) is 1. The third-order valence-electron chi connectivity index (χ3n) is 4.18. The van der Waals surface area contributed by atoms with E-state index in [0.29, 0.717) is 45.6 Å². The molecule has 2 saturated heterocycles. The Morgan fingerprint density at radius 1 is 1.33 bits per heavy atom. The number of likely N-dealkylation sites (tertiary alicyclic amines) is 1. The Bertz CT molecular complexity index is 418. The molecule has 0 saturated carbocycles. The molecular formula is C14H23N3O4. The third-order valence-corrected chi connectivity index (χ3v) is 4.18. The Morgan fingerprint density at radius 3 is 2.52 bits per heavy atom. The number of hydrogen-bond donors (Lipinski definition) is 1. The number of rotatable bonds is 4. The molecule has 3 amide bonds. The summed E-state index contributed by atoms with van der Waals surface area (Å²) in [6.45, 7) is 6.31. The molecule has 2 aliphatic heterocycles. The van der Waals surface area contributed by atoms with Crippen LogP contribution in [-0.2, 0) is 14.3 Å². The molecule has 0 unspecified atom stereocenters. The number of piperidine rings is 1. The molecule has 1 N–H and O–H groups in total. The van der Waals surface area contributed by atoms with Crippen LogP contribution in [0.3, 0.4) is 0 Å². The lowest BCUT2D eigenvalue weighted by Crippen LogP contribution is -2.51. The quantitative estimate of drug-likeness (QED) is 0.750. The van der Waals surface area contributed by atoms with Gasteiger partial charge in [-0.05, 0) is 39.8 Å². The van der Waals surface area contributed by atoms with Gasteiger partial charge in [-0.15, -0.1) is 0 Å². The number of nitrogens with zero attached hydrogens (tertiary/aromatic N) is 2. The van der Waals surface area contributed by atoms with E-state index >= 15 is 0 Å². The van der Waals surface area contributed by atoms with Gasteiger partial charge in [0.2, 0.25) is 5.91 Å². The van der Waals surface area contributed by atoms with Crippen molar-refractivity contribution in [1.82, 2.24) is 15.1 Å². The summed E-state index contributed by atoms with van der Waals surface area (Å²) in [6.07, 6.45) is 1.39. The second-order valence-corrected chi connectivity index (χ2v) is 5.46. The van der Waals surface area contributed by atoms with E-state index in [2.05, 4.69) is 5.32 Å². The van der Waals surface area contributed by atoms with Gasteiger partial charge in [0, 0.05) is 13.1 Å². The fourth-order valence-corrected chi connectivity index (χ4v) is 2.85. The number of urea groups is 1. The maximum Gasteiger partial charge on any atom is 0.324 e. The molecule has 0 aromatic carbocycles. The van der Waals surface area contributed by atoms with Gasteiger partial charge in [-0.25, -0.2) is 4.79 Å². The number of imide groups is 1. The molecule has 2 fully saturated rings. The molecule has 2 aliphatic rings. The first-order chi connectivity index (χ1) is 10.0. The zero-order valence-corrected chi connectivity index (χ0v) is 12.6. The molecule has 7 nitrogen and oxygen atoms in total. The van der Waals surface area contributed by atoms with Crippen LogP contribution in [0.1, 0.15) is 26.7 Å². The number of amides is 3. The fourth-order valence-electron chi connectivity index (χ4n) is 2.85. The van der Waals surface area contributed by atoms with Gasteiger partial charge >= 0.3 is 12.0 Å². The minimum atomic E-state index is -0.336. The van der Waals surface area contributed by atoms with Gasteiger partial charge in [-0.1, -0.05) is 0 Å². The van der Waals surface area contributed by atoms with Gasteiger partial charge in [-0.3, -0.25) is 19.4 Å². The third kappa shape index (κ3) is 3.53. The summed E-state index contributed by atoms with van der Waals surface area (Å²) < 4.78 is 5.03. The lowest BCUT2D eigenvalue weighted by Gasteiger charge is -2.35. The van der Waals surface area contributed by atoms with Crippen LogP contribution in [-0.4, -0.2) is 66.5 Å². The second kappa shape index (κ2) is 6.89. The number of nitrogens with one attached hydrogen (secondary N) is 1. The van der Waals surface area contributed by atoms with Crippen molar-refractivity contribution in [3.63, 3.8) is 0 Å². The van der Waals surface area contributed by atoms with Crippen LogP contribution in [0.2, 0.25) is 0 Å². The monoisotopic (exact) mass is 297 g/mol. The van der Waals surface area contributed by atoms with Crippen LogP contribution in [0.15, 0.2) is 0 Å². The Balaban J connectivity index is 1.85. The minimum absolute atomic E-state index is 0.0708. The standard InChI is InChI=1S/C14H23N3O4/c1-3-21-13(19)11-4-7-16(8-5-11)10(2)12(18)17-9-6-15-14(17)20/h10-11H,3-9H2,1-2H3,(H,15,20)/t10-/m0/s1. The van der Waals surface area contributed by atoms with Crippen molar-refractivity contribution in [1.29, 1.82) is 0 Å². The smallest absolute Gasteiger partial charge is 0.324 e. The van der Waals surface area contributed by atoms with Crippen molar-refractivity contribution >= 4 is 17.9 Å². The zero-order valence-electron chi connectivity index (χ0n) is 12.6. The summed E-state index contributed by atoms with van der Waals surface area (Å²) in [6, 6.07) is -0.648. The molecule has 0 bridgehead atoms. The Morgan fingerprint density at radius 2 is 2.00 bits per heavy atom. The average molecular weight is 297 g/mol. The van der Waals surface area contributed by atoms with Crippen LogP contribution in [0.5, 0.6) is 0 Å². The number of carbonyl (C=O) groups is 3. The summed E-state index contributed by atoms with van der Waals surface area (Å²) >= 11 is 0. The highest BCUT2D eigenvalue weighted by atomic mass is 16.5. The van der Waals surface area contributed by atoms with Gasteiger partial charge < -0.3 is 10.1 Å². The van der Waals surface area contributed by atoms with E-state index in [1.165, 1.54) is 4.90 Å². The summed E-state index contributed by atoms with van der Waals surface area (Å²) in [5.41, 5.74) is 0. The Labute approximate surface area is 124 Å². The fraction of sp³-hybridized carbons (Fsp3) is 0.786. The SMILES string of the molecule is CCOC(=O)C1CCN([C@@H](C)C(=O)N2CCNC2=O)CC1. The van der Waals surface area contributed by atoms with Gasteiger partial charge in [0.15, 0.2) is 0 Å². The van der Waals surface area contributed by atoms with E-state index in [1.807, 2.05) is 11.8 Å². The first-order valence-corrected chi connectivity index (χ1v) is 7.54. The number of esters is 1. The van der Waals surface area contributed by atoms with Crippen molar-refractivity contribution in [2.45, 2.75) is 32.7 Å². The highest BCUT2D eigenvalue weighted by molar-refractivity contribution is 5.98. The van der Waals surface area contributed by atoms with Crippen molar-refractivity contribution < 1.29 is 19.1 Å². The second-order valence-electron chi connectivity index (χ2n) is 5.46. The maximum absolute atomic E-state index is 12.3. The number of hydrogen-bond acceptors (Lipinski definition) is 5. The van der Waals surface area contributed by atoms with Gasteiger partial charge in [-0.2, -0.15) is 0 Å². The molecule has 0 aromatic heterocycles. The molecule has 1 atom stereocenters. The van der Waals surface area contributed by atoms with Crippen LogP contribution in [0, 0.1) is 5.92 Å². The van der Waals surface area contributed by atoms with E-state index < -0.39 is 0 Å². The van der Waals surface area contributed by atoms with E-state index in [9.17, 15) is 14.4 Å². The van der Waals surface area contributed by atoms with Crippen molar-refractivity contribution in [3.8, 4) is 0 Å². The van der Waals surface area contributed by atoms with Gasteiger partial charge in [0.25, 0.3) is 0 Å². The Hall–Kier alpha value is -1.63. The molecule has 0 aliphatic carbocycles. The van der Waals surface area contributed by atoms with Crippen molar-refractivity contribution in [2.75, 3.05) is 32.8 Å². The lowest BCUT2D eigenvalue weighted by atomic mass is 9.96. The summed E-state index contributed by atoms with van der Waals surface area (Å²) in [5, 5.41) is 2.63. The first kappa shape index (κ1) is 15.8. The average Bonchev–Trinajstić information content (AvgIpc) is 2.92. The molecular weight excluding hydrogens is 274 g/mol. The zero-order chi connectivity index (χ0) is 15.4.